The van der Waals surface area contributed by atoms with Crippen LogP contribution in [0.4, 0.5) is 0 Å². The Morgan fingerprint density at radius 3 is 2.43 bits per heavy atom. The number of hydrogen-bond donors (Lipinski definition) is 1. The number of amides is 1. The zero-order valence-electron chi connectivity index (χ0n) is 12.9. The lowest BCUT2D eigenvalue weighted by Gasteiger charge is -2.22. The molecule has 1 amide bonds. The van der Waals surface area contributed by atoms with E-state index in [0.29, 0.717) is 13.1 Å². The van der Waals surface area contributed by atoms with Crippen LogP contribution in [0.25, 0.3) is 0 Å². The van der Waals surface area contributed by atoms with Gasteiger partial charge in [0.2, 0.25) is 5.09 Å². The molecule has 0 spiro atoms. The van der Waals surface area contributed by atoms with Crippen LogP contribution in [-0.4, -0.2) is 64.9 Å². The molecule has 0 bridgehead atoms. The fraction of sp³-hybridized carbons (Fsp3) is 0.615. The largest absolute Gasteiger partial charge is 0.438 e. The Hall–Kier alpha value is -1.38. The van der Waals surface area contributed by atoms with E-state index in [9.17, 15) is 13.2 Å². The van der Waals surface area contributed by atoms with Crippen LogP contribution in [0.5, 0.6) is 0 Å². The number of carbonyl (C=O) groups is 1. The molecule has 8 heteroatoms. The lowest BCUT2D eigenvalue weighted by molar-refractivity contribution is 0.0707. The quantitative estimate of drug-likeness (QED) is 0.759. The molecule has 21 heavy (non-hydrogen) atoms. The number of carbonyl (C=O) groups excluding carboxylic acids is 1. The number of rotatable bonds is 8. The van der Waals surface area contributed by atoms with Gasteiger partial charge >= 0.3 is 0 Å². The average Bonchev–Trinajstić information content (AvgIpc) is 2.93. The SMILES string of the molecule is CCCN(CCN(C)C)C(=O)c1ccc(S(=O)(=O)NC)o1. The van der Waals surface area contributed by atoms with E-state index in [2.05, 4.69) is 4.72 Å². The summed E-state index contributed by atoms with van der Waals surface area (Å²) < 4.78 is 30.6. The maximum Gasteiger partial charge on any atom is 0.289 e. The van der Waals surface area contributed by atoms with E-state index in [1.54, 1.807) is 4.90 Å². The van der Waals surface area contributed by atoms with Crippen LogP contribution in [0.1, 0.15) is 23.9 Å². The van der Waals surface area contributed by atoms with Gasteiger partial charge < -0.3 is 14.2 Å². The third-order valence-electron chi connectivity index (χ3n) is 2.92. The lowest BCUT2D eigenvalue weighted by Crippen LogP contribution is -2.37. The van der Waals surface area contributed by atoms with E-state index >= 15 is 0 Å². The molecule has 0 radical (unpaired) electrons. The van der Waals surface area contributed by atoms with Gasteiger partial charge in [-0.05, 0) is 39.7 Å². The van der Waals surface area contributed by atoms with E-state index in [-0.39, 0.29) is 16.8 Å². The smallest absolute Gasteiger partial charge is 0.289 e. The van der Waals surface area contributed by atoms with Crippen molar-refractivity contribution in [3.63, 3.8) is 0 Å². The zero-order valence-corrected chi connectivity index (χ0v) is 13.7. The Bertz CT molecular complexity index is 566. The molecule has 1 heterocycles. The maximum absolute atomic E-state index is 12.4. The molecule has 0 aliphatic rings. The van der Waals surface area contributed by atoms with Crippen molar-refractivity contribution < 1.29 is 17.6 Å². The second-order valence-corrected chi connectivity index (χ2v) is 6.74. The van der Waals surface area contributed by atoms with Gasteiger partial charge in [0.1, 0.15) is 0 Å². The van der Waals surface area contributed by atoms with E-state index < -0.39 is 10.0 Å². The van der Waals surface area contributed by atoms with Crippen LogP contribution >= 0.6 is 0 Å². The second-order valence-electron chi connectivity index (χ2n) is 4.92. The highest BCUT2D eigenvalue weighted by Crippen LogP contribution is 2.15. The molecule has 1 rings (SSSR count). The summed E-state index contributed by atoms with van der Waals surface area (Å²) in [6, 6.07) is 2.68. The highest BCUT2D eigenvalue weighted by atomic mass is 32.2. The van der Waals surface area contributed by atoms with Crippen molar-refractivity contribution >= 4 is 15.9 Å². The van der Waals surface area contributed by atoms with Crippen LogP contribution < -0.4 is 4.72 Å². The molecule has 0 saturated heterocycles. The monoisotopic (exact) mass is 317 g/mol. The van der Waals surface area contributed by atoms with E-state index in [4.69, 9.17) is 4.42 Å². The number of sulfonamides is 1. The third kappa shape index (κ3) is 4.83. The second kappa shape index (κ2) is 7.58. The van der Waals surface area contributed by atoms with Crippen molar-refractivity contribution in [2.24, 2.45) is 0 Å². The predicted octanol–water partition coefficient (Wildman–Crippen LogP) is 0.602. The van der Waals surface area contributed by atoms with Crippen LogP contribution in [0.15, 0.2) is 21.6 Å². The molecule has 0 aromatic carbocycles. The Labute approximate surface area is 126 Å². The standard InChI is InChI=1S/C13H23N3O4S/c1-5-8-16(10-9-15(3)4)13(17)11-6-7-12(20-11)21(18,19)14-2/h6-7,14H,5,8-10H2,1-4H3. The lowest BCUT2D eigenvalue weighted by atomic mass is 10.3. The van der Waals surface area contributed by atoms with Crippen molar-refractivity contribution in [2.45, 2.75) is 18.4 Å². The highest BCUT2D eigenvalue weighted by molar-refractivity contribution is 7.89. The maximum atomic E-state index is 12.4. The van der Waals surface area contributed by atoms with Gasteiger partial charge in [0.15, 0.2) is 5.76 Å². The van der Waals surface area contributed by atoms with Crippen LogP contribution in [0.3, 0.4) is 0 Å². The van der Waals surface area contributed by atoms with Gasteiger partial charge in [-0.3, -0.25) is 4.79 Å². The summed E-state index contributed by atoms with van der Waals surface area (Å²) in [6.45, 7) is 3.87. The van der Waals surface area contributed by atoms with Crippen LogP contribution in [-0.2, 0) is 10.0 Å². The summed E-state index contributed by atoms with van der Waals surface area (Å²) in [6.07, 6.45) is 0.821. The van der Waals surface area contributed by atoms with Gasteiger partial charge in [0, 0.05) is 19.6 Å². The molecule has 0 fully saturated rings. The van der Waals surface area contributed by atoms with Crippen molar-refractivity contribution in [1.29, 1.82) is 0 Å². The Morgan fingerprint density at radius 1 is 1.24 bits per heavy atom. The summed E-state index contributed by atoms with van der Waals surface area (Å²) in [5, 5.41) is -0.252. The van der Waals surface area contributed by atoms with Crippen molar-refractivity contribution in [2.75, 3.05) is 40.8 Å². The first-order valence-corrected chi connectivity index (χ1v) is 8.27. The fourth-order valence-corrected chi connectivity index (χ4v) is 2.39. The number of nitrogens with one attached hydrogen (secondary N) is 1. The first kappa shape index (κ1) is 17.7. The summed E-state index contributed by atoms with van der Waals surface area (Å²) in [5.74, 6) is -0.257. The molecule has 120 valence electrons. The van der Waals surface area contributed by atoms with Gasteiger partial charge in [-0.25, -0.2) is 13.1 Å². The Morgan fingerprint density at radius 2 is 1.90 bits per heavy atom. The predicted molar refractivity (Wildman–Crippen MR) is 79.7 cm³/mol. The van der Waals surface area contributed by atoms with Crippen LogP contribution in [0.2, 0.25) is 0 Å². The molecule has 0 aliphatic carbocycles. The minimum absolute atomic E-state index is 0.0380. The molecule has 0 unspecified atom stereocenters. The topological polar surface area (TPSA) is 82.9 Å². The van der Waals surface area contributed by atoms with E-state index in [1.807, 2.05) is 25.9 Å². The van der Waals surface area contributed by atoms with Gasteiger partial charge in [-0.2, -0.15) is 0 Å². The molecule has 0 saturated carbocycles. The third-order valence-corrected chi connectivity index (χ3v) is 4.21. The van der Waals surface area contributed by atoms with Crippen molar-refractivity contribution in [3.8, 4) is 0 Å². The van der Waals surface area contributed by atoms with Crippen LogP contribution in [0, 0.1) is 0 Å². The Balaban J connectivity index is 2.89. The molecule has 1 aromatic rings. The molecule has 7 nitrogen and oxygen atoms in total. The van der Waals surface area contributed by atoms with E-state index in [1.165, 1.54) is 19.2 Å². The summed E-state index contributed by atoms with van der Waals surface area (Å²) in [4.78, 5) is 16.0. The minimum atomic E-state index is -3.67. The molecule has 0 aliphatic heterocycles. The number of likely N-dealkylation sites (N-methyl/N-ethyl adjacent to an activating group) is 1. The van der Waals surface area contributed by atoms with Gasteiger partial charge in [-0.15, -0.1) is 0 Å². The first-order chi connectivity index (χ1) is 9.81. The number of hydrogen-bond acceptors (Lipinski definition) is 5. The molecule has 0 atom stereocenters. The molecular formula is C13H23N3O4S. The average molecular weight is 317 g/mol. The summed E-state index contributed by atoms with van der Waals surface area (Å²) >= 11 is 0. The molecule has 1 aromatic heterocycles. The molecular weight excluding hydrogens is 294 g/mol. The summed E-state index contributed by atoms with van der Waals surface area (Å²) in [5.41, 5.74) is 0. The zero-order chi connectivity index (χ0) is 16.0. The summed E-state index contributed by atoms with van der Waals surface area (Å²) in [7, 11) is 1.48. The number of nitrogens with zero attached hydrogens (tertiary/aromatic N) is 2. The van der Waals surface area contributed by atoms with E-state index in [0.717, 1.165) is 13.0 Å². The van der Waals surface area contributed by atoms with Gasteiger partial charge in [-0.1, -0.05) is 6.92 Å². The minimum Gasteiger partial charge on any atom is -0.438 e. The first-order valence-electron chi connectivity index (χ1n) is 6.79. The molecule has 1 N–H and O–H groups in total. The Kier molecular flexibility index (Phi) is 6.38. The van der Waals surface area contributed by atoms with Gasteiger partial charge in [0.05, 0.1) is 0 Å². The normalized spacial score (nSPS) is 11.9. The fourth-order valence-electron chi connectivity index (χ4n) is 1.74. The number of furan rings is 1. The highest BCUT2D eigenvalue weighted by Gasteiger charge is 2.22. The van der Waals surface area contributed by atoms with Gasteiger partial charge in [0.25, 0.3) is 15.9 Å². The van der Waals surface area contributed by atoms with Crippen molar-refractivity contribution in [1.82, 2.24) is 14.5 Å². The van der Waals surface area contributed by atoms with Crippen molar-refractivity contribution in [3.05, 3.63) is 17.9 Å².